The average Bonchev–Trinajstić information content (AvgIpc) is 3.33. The standard InChI is InChI=1S/C17H26BrN3O.HI/c1-19-17(20-10-5-11-22-13-14-8-9-14)21(2)12-15-6-3-4-7-16(15)18;/h3-4,6-7,14H,5,8-13H2,1-2H3,(H,19,20);1H. The van der Waals surface area contributed by atoms with Gasteiger partial charge in [-0.1, -0.05) is 34.1 Å². The number of hydrogen-bond donors (Lipinski definition) is 1. The Labute approximate surface area is 165 Å². The summed E-state index contributed by atoms with van der Waals surface area (Å²) in [7, 11) is 3.88. The summed E-state index contributed by atoms with van der Waals surface area (Å²) in [6.45, 7) is 3.47. The molecule has 0 radical (unpaired) electrons. The Morgan fingerprint density at radius 1 is 1.39 bits per heavy atom. The van der Waals surface area contributed by atoms with E-state index >= 15 is 0 Å². The molecule has 2 rings (SSSR count). The Morgan fingerprint density at radius 2 is 2.13 bits per heavy atom. The predicted molar refractivity (Wildman–Crippen MR) is 111 cm³/mol. The molecular formula is C17H27BrIN3O. The van der Waals surface area contributed by atoms with E-state index in [9.17, 15) is 0 Å². The highest BCUT2D eigenvalue weighted by atomic mass is 127. The van der Waals surface area contributed by atoms with Crippen LogP contribution in [0.15, 0.2) is 33.7 Å². The summed E-state index contributed by atoms with van der Waals surface area (Å²) in [5.74, 6) is 1.76. The first-order valence-corrected chi connectivity index (χ1v) is 8.73. The fourth-order valence-corrected chi connectivity index (χ4v) is 2.66. The second kappa shape index (κ2) is 11.3. The van der Waals surface area contributed by atoms with E-state index in [1.807, 2.05) is 13.1 Å². The highest BCUT2D eigenvalue weighted by molar-refractivity contribution is 14.0. The Kier molecular flexibility index (Phi) is 10.1. The first-order valence-electron chi connectivity index (χ1n) is 7.93. The number of guanidine groups is 1. The molecule has 0 amide bonds. The topological polar surface area (TPSA) is 36.9 Å². The van der Waals surface area contributed by atoms with Gasteiger partial charge in [-0.15, -0.1) is 24.0 Å². The van der Waals surface area contributed by atoms with Gasteiger partial charge in [-0.05, 0) is 36.8 Å². The van der Waals surface area contributed by atoms with Gasteiger partial charge in [0.2, 0.25) is 0 Å². The predicted octanol–water partition coefficient (Wildman–Crippen LogP) is 3.89. The van der Waals surface area contributed by atoms with Crippen LogP contribution in [0.4, 0.5) is 0 Å². The Morgan fingerprint density at radius 3 is 2.78 bits per heavy atom. The third-order valence-corrected chi connectivity index (χ3v) is 4.51. The lowest BCUT2D eigenvalue weighted by Crippen LogP contribution is -2.39. The molecule has 4 nitrogen and oxygen atoms in total. The maximum absolute atomic E-state index is 5.65. The quantitative estimate of drug-likeness (QED) is 0.257. The van der Waals surface area contributed by atoms with Crippen molar-refractivity contribution in [2.24, 2.45) is 10.9 Å². The Balaban J connectivity index is 0.00000264. The molecule has 0 heterocycles. The fourth-order valence-electron chi connectivity index (χ4n) is 2.25. The van der Waals surface area contributed by atoms with E-state index < -0.39 is 0 Å². The van der Waals surface area contributed by atoms with Crippen LogP contribution in [0.1, 0.15) is 24.8 Å². The number of halogens is 2. The molecule has 0 unspecified atom stereocenters. The molecule has 130 valence electrons. The van der Waals surface area contributed by atoms with Gasteiger partial charge in [-0.2, -0.15) is 0 Å². The minimum Gasteiger partial charge on any atom is -0.381 e. The van der Waals surface area contributed by atoms with Crippen molar-refractivity contribution >= 4 is 45.9 Å². The number of benzene rings is 1. The molecule has 1 aliphatic carbocycles. The molecule has 0 atom stereocenters. The number of ether oxygens (including phenoxy) is 1. The highest BCUT2D eigenvalue weighted by Gasteiger charge is 2.20. The van der Waals surface area contributed by atoms with E-state index in [0.717, 1.165) is 49.1 Å². The molecule has 1 fully saturated rings. The van der Waals surface area contributed by atoms with Crippen LogP contribution >= 0.6 is 39.9 Å². The van der Waals surface area contributed by atoms with Crippen molar-refractivity contribution in [3.8, 4) is 0 Å². The number of hydrogen-bond acceptors (Lipinski definition) is 2. The molecule has 0 aliphatic heterocycles. The lowest BCUT2D eigenvalue weighted by atomic mass is 10.2. The highest BCUT2D eigenvalue weighted by Crippen LogP contribution is 2.28. The number of nitrogens with zero attached hydrogens (tertiary/aromatic N) is 2. The molecule has 0 bridgehead atoms. The summed E-state index contributed by atoms with van der Waals surface area (Å²) in [5, 5.41) is 3.39. The van der Waals surface area contributed by atoms with E-state index in [0.29, 0.717) is 0 Å². The summed E-state index contributed by atoms with van der Waals surface area (Å²) in [4.78, 5) is 6.48. The third-order valence-electron chi connectivity index (χ3n) is 3.74. The molecule has 1 aliphatic rings. The molecule has 6 heteroatoms. The van der Waals surface area contributed by atoms with Crippen molar-refractivity contribution in [3.63, 3.8) is 0 Å². The van der Waals surface area contributed by atoms with E-state index in [1.165, 1.54) is 18.4 Å². The largest absolute Gasteiger partial charge is 0.381 e. The molecule has 1 N–H and O–H groups in total. The molecule has 0 saturated heterocycles. The van der Waals surface area contributed by atoms with Crippen molar-refractivity contribution in [2.45, 2.75) is 25.8 Å². The van der Waals surface area contributed by atoms with Crippen LogP contribution in [-0.2, 0) is 11.3 Å². The first-order chi connectivity index (χ1) is 10.7. The van der Waals surface area contributed by atoms with Crippen LogP contribution in [0, 0.1) is 5.92 Å². The van der Waals surface area contributed by atoms with Crippen LogP contribution in [0.5, 0.6) is 0 Å². The summed E-state index contributed by atoms with van der Waals surface area (Å²) in [6.07, 6.45) is 3.71. The van der Waals surface area contributed by atoms with Crippen molar-refractivity contribution in [3.05, 3.63) is 34.3 Å². The Hall–Kier alpha value is -0.340. The van der Waals surface area contributed by atoms with Gasteiger partial charge in [0.15, 0.2) is 5.96 Å². The monoisotopic (exact) mass is 495 g/mol. The minimum absolute atomic E-state index is 0. The van der Waals surface area contributed by atoms with Gasteiger partial charge in [-0.25, -0.2) is 0 Å². The van der Waals surface area contributed by atoms with E-state index in [2.05, 4.69) is 56.4 Å². The number of rotatable bonds is 8. The van der Waals surface area contributed by atoms with Gasteiger partial charge < -0.3 is 15.0 Å². The van der Waals surface area contributed by atoms with Crippen molar-refractivity contribution in [2.75, 3.05) is 33.9 Å². The van der Waals surface area contributed by atoms with Crippen LogP contribution in [-0.4, -0.2) is 44.7 Å². The van der Waals surface area contributed by atoms with Gasteiger partial charge in [0.05, 0.1) is 0 Å². The minimum atomic E-state index is 0. The van der Waals surface area contributed by atoms with Crippen molar-refractivity contribution < 1.29 is 4.74 Å². The first kappa shape index (κ1) is 20.7. The summed E-state index contributed by atoms with van der Waals surface area (Å²) >= 11 is 3.59. The molecule has 1 aromatic carbocycles. The zero-order valence-electron chi connectivity index (χ0n) is 13.9. The smallest absolute Gasteiger partial charge is 0.193 e. The van der Waals surface area contributed by atoms with Crippen molar-refractivity contribution in [1.29, 1.82) is 0 Å². The van der Waals surface area contributed by atoms with Crippen LogP contribution < -0.4 is 5.32 Å². The summed E-state index contributed by atoms with van der Waals surface area (Å²) in [6, 6.07) is 8.28. The average molecular weight is 496 g/mol. The molecular weight excluding hydrogens is 469 g/mol. The lowest BCUT2D eigenvalue weighted by Gasteiger charge is -2.22. The zero-order chi connectivity index (χ0) is 15.8. The van der Waals surface area contributed by atoms with Crippen LogP contribution in [0.3, 0.4) is 0 Å². The Bertz CT molecular complexity index is 494. The van der Waals surface area contributed by atoms with Gasteiger partial charge in [0, 0.05) is 44.9 Å². The molecule has 0 spiro atoms. The fraction of sp³-hybridized carbons (Fsp3) is 0.588. The second-order valence-electron chi connectivity index (χ2n) is 5.79. The van der Waals surface area contributed by atoms with Gasteiger partial charge in [0.1, 0.15) is 0 Å². The molecule has 0 aromatic heterocycles. The van der Waals surface area contributed by atoms with Gasteiger partial charge in [-0.3, -0.25) is 4.99 Å². The zero-order valence-corrected chi connectivity index (χ0v) is 17.8. The second-order valence-corrected chi connectivity index (χ2v) is 6.65. The normalized spacial score (nSPS) is 14.3. The van der Waals surface area contributed by atoms with Gasteiger partial charge >= 0.3 is 0 Å². The molecule has 23 heavy (non-hydrogen) atoms. The summed E-state index contributed by atoms with van der Waals surface area (Å²) in [5.41, 5.74) is 1.25. The van der Waals surface area contributed by atoms with E-state index in [-0.39, 0.29) is 24.0 Å². The maximum atomic E-state index is 5.65. The summed E-state index contributed by atoms with van der Waals surface area (Å²) < 4.78 is 6.78. The van der Waals surface area contributed by atoms with Gasteiger partial charge in [0.25, 0.3) is 0 Å². The number of nitrogens with one attached hydrogen (secondary N) is 1. The third kappa shape index (κ3) is 7.85. The van der Waals surface area contributed by atoms with Crippen LogP contribution in [0.2, 0.25) is 0 Å². The van der Waals surface area contributed by atoms with Crippen molar-refractivity contribution in [1.82, 2.24) is 10.2 Å². The van der Waals surface area contributed by atoms with E-state index in [1.54, 1.807) is 0 Å². The number of aliphatic imine (C=N–C) groups is 1. The SMILES string of the molecule is CN=C(NCCCOCC1CC1)N(C)Cc1ccccc1Br.I. The molecule has 1 aromatic rings. The van der Waals surface area contributed by atoms with E-state index in [4.69, 9.17) is 4.74 Å². The maximum Gasteiger partial charge on any atom is 0.193 e. The van der Waals surface area contributed by atoms with Crippen LogP contribution in [0.25, 0.3) is 0 Å². The molecule has 1 saturated carbocycles. The lowest BCUT2D eigenvalue weighted by molar-refractivity contribution is 0.122.